The van der Waals surface area contributed by atoms with Crippen molar-refractivity contribution in [2.75, 3.05) is 13.1 Å². The molecule has 2 aliphatic heterocycles. The van der Waals surface area contributed by atoms with E-state index in [2.05, 4.69) is 5.32 Å². The van der Waals surface area contributed by atoms with Gasteiger partial charge in [-0.15, -0.1) is 0 Å². The van der Waals surface area contributed by atoms with Crippen molar-refractivity contribution in [2.45, 2.75) is 19.4 Å². The van der Waals surface area contributed by atoms with Gasteiger partial charge in [0.2, 0.25) is 0 Å². The Balaban J connectivity index is 1.47. The fourth-order valence-corrected chi connectivity index (χ4v) is 4.64. The molecule has 1 atom stereocenters. The molecule has 1 N–H and O–H groups in total. The number of carbonyl (C=O) groups is 4. The van der Waals surface area contributed by atoms with Crippen molar-refractivity contribution in [3.05, 3.63) is 106 Å². The van der Waals surface area contributed by atoms with Gasteiger partial charge in [-0.1, -0.05) is 60.7 Å². The number of hydrogen-bond acceptors (Lipinski definition) is 4. The summed E-state index contributed by atoms with van der Waals surface area (Å²) in [5.74, 6) is -1.28. The molecule has 0 saturated carbocycles. The van der Waals surface area contributed by atoms with Gasteiger partial charge in [0, 0.05) is 13.1 Å². The normalized spacial score (nSPS) is 19.6. The van der Waals surface area contributed by atoms with Crippen LogP contribution in [0.25, 0.3) is 0 Å². The lowest BCUT2D eigenvalue weighted by molar-refractivity contribution is -0.130. The summed E-state index contributed by atoms with van der Waals surface area (Å²) in [6, 6.07) is 20.8. The van der Waals surface area contributed by atoms with Crippen LogP contribution in [0.5, 0.6) is 0 Å². The molecule has 7 nitrogen and oxygen atoms in total. The van der Waals surface area contributed by atoms with Crippen molar-refractivity contribution in [1.29, 1.82) is 0 Å². The summed E-state index contributed by atoms with van der Waals surface area (Å²) in [4.78, 5) is 54.6. The predicted molar refractivity (Wildman–Crippen MR) is 125 cm³/mol. The molecule has 3 aromatic carbocycles. The van der Waals surface area contributed by atoms with Crippen LogP contribution in [0.2, 0.25) is 0 Å². The van der Waals surface area contributed by atoms with Crippen LogP contribution in [0.1, 0.15) is 43.0 Å². The van der Waals surface area contributed by atoms with E-state index in [1.807, 2.05) is 50.2 Å². The molecule has 0 unspecified atom stereocenters. The molecule has 170 valence electrons. The Morgan fingerprint density at radius 2 is 1.26 bits per heavy atom. The number of imide groups is 2. The Bertz CT molecular complexity index is 1320. The van der Waals surface area contributed by atoms with Crippen LogP contribution >= 0.6 is 0 Å². The average Bonchev–Trinajstić information content (AvgIpc) is 3.25. The van der Waals surface area contributed by atoms with Crippen LogP contribution in [0, 0.1) is 13.8 Å². The molecule has 0 spiro atoms. The van der Waals surface area contributed by atoms with Gasteiger partial charge in [0.1, 0.15) is 0 Å². The largest absolute Gasteiger partial charge is 0.325 e. The third-order valence-corrected chi connectivity index (χ3v) is 6.68. The van der Waals surface area contributed by atoms with E-state index in [9.17, 15) is 19.2 Å². The standard InChI is InChI=1S/C27H23N3O4/c1-17-12-13-20(16-18(17)2)27(19-8-4-3-5-9-19)25(33)30(26(34)28-27)15-14-29-23(31)21-10-6-7-11-22(21)24(29)32/h3-13,16H,14-15H2,1-2H3,(H,28,34)/t27-/m0/s1. The molecule has 1 fully saturated rings. The molecular weight excluding hydrogens is 430 g/mol. The molecule has 3 aromatic rings. The quantitative estimate of drug-likeness (QED) is 0.474. The highest BCUT2D eigenvalue weighted by molar-refractivity contribution is 6.21. The Labute approximate surface area is 197 Å². The molecule has 0 bridgehead atoms. The van der Waals surface area contributed by atoms with Gasteiger partial charge < -0.3 is 5.32 Å². The highest BCUT2D eigenvalue weighted by Crippen LogP contribution is 2.37. The van der Waals surface area contributed by atoms with Gasteiger partial charge >= 0.3 is 6.03 Å². The first kappa shape index (κ1) is 21.6. The van der Waals surface area contributed by atoms with Crippen LogP contribution < -0.4 is 5.32 Å². The average molecular weight is 453 g/mol. The summed E-state index contributed by atoms with van der Waals surface area (Å²) in [6.45, 7) is 3.76. The summed E-state index contributed by atoms with van der Waals surface area (Å²) in [7, 11) is 0. The lowest BCUT2D eigenvalue weighted by Crippen LogP contribution is -2.46. The molecule has 5 amide bonds. The highest BCUT2D eigenvalue weighted by Gasteiger charge is 2.54. The summed E-state index contributed by atoms with van der Waals surface area (Å²) in [6.07, 6.45) is 0. The number of aryl methyl sites for hydroxylation is 2. The fourth-order valence-electron chi connectivity index (χ4n) is 4.64. The van der Waals surface area contributed by atoms with E-state index >= 15 is 0 Å². The molecule has 0 aliphatic carbocycles. The summed E-state index contributed by atoms with van der Waals surface area (Å²) in [5, 5.41) is 2.91. The zero-order valence-electron chi connectivity index (χ0n) is 18.9. The monoisotopic (exact) mass is 453 g/mol. The molecule has 5 rings (SSSR count). The number of amides is 5. The lowest BCUT2D eigenvalue weighted by Gasteiger charge is -2.29. The fraction of sp³-hybridized carbons (Fsp3) is 0.185. The number of urea groups is 1. The van der Waals surface area contributed by atoms with Gasteiger partial charge in [0.15, 0.2) is 5.54 Å². The second kappa shape index (κ2) is 7.95. The van der Waals surface area contributed by atoms with E-state index in [-0.39, 0.29) is 13.1 Å². The van der Waals surface area contributed by atoms with Crippen molar-refractivity contribution in [1.82, 2.24) is 15.1 Å². The number of hydrogen-bond donors (Lipinski definition) is 1. The van der Waals surface area contributed by atoms with Crippen molar-refractivity contribution in [3.63, 3.8) is 0 Å². The third kappa shape index (κ3) is 3.12. The molecule has 7 heteroatoms. The topological polar surface area (TPSA) is 86.8 Å². The van der Waals surface area contributed by atoms with Gasteiger partial charge in [0.05, 0.1) is 11.1 Å². The highest BCUT2D eigenvalue weighted by atomic mass is 16.2. The summed E-state index contributed by atoms with van der Waals surface area (Å²) < 4.78 is 0. The first-order chi connectivity index (χ1) is 16.3. The predicted octanol–water partition coefficient (Wildman–Crippen LogP) is 3.40. The maximum Gasteiger partial charge on any atom is 0.325 e. The minimum atomic E-state index is -1.39. The van der Waals surface area contributed by atoms with Crippen LogP contribution in [0.15, 0.2) is 72.8 Å². The van der Waals surface area contributed by atoms with Gasteiger partial charge in [-0.2, -0.15) is 0 Å². The molecule has 34 heavy (non-hydrogen) atoms. The number of nitrogens with zero attached hydrogens (tertiary/aromatic N) is 2. The summed E-state index contributed by atoms with van der Waals surface area (Å²) >= 11 is 0. The van der Waals surface area contributed by atoms with E-state index in [4.69, 9.17) is 0 Å². The van der Waals surface area contributed by atoms with Gasteiger partial charge in [0.25, 0.3) is 17.7 Å². The Morgan fingerprint density at radius 3 is 1.88 bits per heavy atom. The van der Waals surface area contributed by atoms with Crippen LogP contribution in [-0.2, 0) is 10.3 Å². The van der Waals surface area contributed by atoms with Gasteiger partial charge in [-0.3, -0.25) is 24.2 Å². The maximum atomic E-state index is 13.9. The zero-order chi connectivity index (χ0) is 24.0. The molecule has 2 heterocycles. The van der Waals surface area contributed by atoms with Crippen molar-refractivity contribution in [3.8, 4) is 0 Å². The van der Waals surface area contributed by atoms with Crippen molar-refractivity contribution in [2.24, 2.45) is 0 Å². The second-order valence-corrected chi connectivity index (χ2v) is 8.61. The first-order valence-electron chi connectivity index (χ1n) is 11.1. The van der Waals surface area contributed by atoms with Crippen LogP contribution in [0.3, 0.4) is 0 Å². The van der Waals surface area contributed by atoms with Crippen molar-refractivity contribution >= 4 is 23.8 Å². The lowest BCUT2D eigenvalue weighted by atomic mass is 9.81. The molecular formula is C27H23N3O4. The minimum absolute atomic E-state index is 0.0801. The van der Waals surface area contributed by atoms with E-state index < -0.39 is 29.3 Å². The molecule has 0 aromatic heterocycles. The summed E-state index contributed by atoms with van der Waals surface area (Å²) in [5.41, 5.74) is 2.64. The second-order valence-electron chi connectivity index (χ2n) is 8.61. The first-order valence-corrected chi connectivity index (χ1v) is 11.1. The molecule has 2 aliphatic rings. The van der Waals surface area contributed by atoms with Gasteiger partial charge in [-0.05, 0) is 48.2 Å². The number of benzene rings is 3. The van der Waals surface area contributed by atoms with E-state index in [1.54, 1.807) is 36.4 Å². The molecule has 1 saturated heterocycles. The molecule has 0 radical (unpaired) electrons. The maximum absolute atomic E-state index is 13.9. The van der Waals surface area contributed by atoms with E-state index in [0.717, 1.165) is 20.9 Å². The Kier molecular flexibility index (Phi) is 5.05. The van der Waals surface area contributed by atoms with Crippen molar-refractivity contribution < 1.29 is 19.2 Å². The zero-order valence-corrected chi connectivity index (χ0v) is 18.9. The number of carbonyl (C=O) groups excluding carboxylic acids is 4. The smallest absolute Gasteiger partial charge is 0.315 e. The van der Waals surface area contributed by atoms with E-state index in [1.165, 1.54) is 0 Å². The van der Waals surface area contributed by atoms with Gasteiger partial charge in [-0.25, -0.2) is 4.79 Å². The number of rotatable bonds is 5. The van der Waals surface area contributed by atoms with Crippen LogP contribution in [0.4, 0.5) is 4.79 Å². The minimum Gasteiger partial charge on any atom is -0.315 e. The number of fused-ring (bicyclic) bond motifs is 1. The van der Waals surface area contributed by atoms with E-state index in [0.29, 0.717) is 22.3 Å². The Hall–Kier alpha value is -4.26. The van der Waals surface area contributed by atoms with Crippen LogP contribution in [-0.4, -0.2) is 46.6 Å². The SMILES string of the molecule is Cc1ccc([C@]2(c3ccccc3)NC(=O)N(CCN3C(=O)c4ccccc4C3=O)C2=O)cc1C. The third-order valence-electron chi connectivity index (χ3n) is 6.68. The Morgan fingerprint density at radius 1 is 0.676 bits per heavy atom. The number of nitrogens with one attached hydrogen (secondary N) is 1.